The Kier molecular flexibility index (Phi) is 5.88. The number of aryl methyl sites for hydroxylation is 1. The molecule has 0 saturated heterocycles. The van der Waals surface area contributed by atoms with Crippen molar-refractivity contribution in [3.05, 3.63) is 54.0 Å². The zero-order valence-corrected chi connectivity index (χ0v) is 13.1. The minimum absolute atomic E-state index is 0.326. The maximum Gasteiger partial charge on any atom is 0.119 e. The topological polar surface area (TPSA) is 34.4 Å². The third-order valence-electron chi connectivity index (χ3n) is 3.63. The number of benzene rings is 1. The van der Waals surface area contributed by atoms with Crippen molar-refractivity contribution in [3.8, 4) is 5.75 Å². The smallest absolute Gasteiger partial charge is 0.119 e. The molecule has 2 rings (SSSR count). The molecule has 114 valence electrons. The minimum atomic E-state index is 0.326. The van der Waals surface area contributed by atoms with Crippen LogP contribution in [0.25, 0.3) is 0 Å². The third kappa shape index (κ3) is 4.94. The quantitative estimate of drug-likeness (QED) is 0.783. The van der Waals surface area contributed by atoms with E-state index in [2.05, 4.69) is 31.3 Å². The van der Waals surface area contributed by atoms with Gasteiger partial charge in [0.1, 0.15) is 11.5 Å². The fourth-order valence-electron chi connectivity index (χ4n) is 2.44. The molecule has 1 aromatic heterocycles. The first-order valence-electron chi connectivity index (χ1n) is 7.70. The van der Waals surface area contributed by atoms with Gasteiger partial charge < -0.3 is 14.5 Å². The summed E-state index contributed by atoms with van der Waals surface area (Å²) in [6, 6.07) is 13.1. The zero-order valence-electron chi connectivity index (χ0n) is 13.1. The fourth-order valence-corrected chi connectivity index (χ4v) is 2.44. The molecule has 0 radical (unpaired) electrons. The molecule has 0 bridgehead atoms. The molecule has 0 aliphatic heterocycles. The first-order valence-corrected chi connectivity index (χ1v) is 7.70. The molecule has 0 spiro atoms. The first-order chi connectivity index (χ1) is 10.2. The van der Waals surface area contributed by atoms with E-state index < -0.39 is 0 Å². The molecule has 3 nitrogen and oxygen atoms in total. The van der Waals surface area contributed by atoms with Crippen LogP contribution in [0.4, 0.5) is 0 Å². The van der Waals surface area contributed by atoms with E-state index in [0.29, 0.717) is 18.7 Å². The molecule has 2 unspecified atom stereocenters. The van der Waals surface area contributed by atoms with Crippen LogP contribution in [0.5, 0.6) is 5.75 Å². The predicted octanol–water partition coefficient (Wildman–Crippen LogP) is 4.35. The lowest BCUT2D eigenvalue weighted by Gasteiger charge is -2.20. The van der Waals surface area contributed by atoms with Gasteiger partial charge in [0.05, 0.1) is 12.9 Å². The van der Waals surface area contributed by atoms with Crippen LogP contribution in [-0.4, -0.2) is 12.6 Å². The number of nitrogens with one attached hydrogen (secondary N) is 1. The van der Waals surface area contributed by atoms with Crippen LogP contribution >= 0.6 is 0 Å². The molecule has 2 atom stereocenters. The van der Waals surface area contributed by atoms with Gasteiger partial charge in [0, 0.05) is 18.5 Å². The average molecular weight is 287 g/mol. The van der Waals surface area contributed by atoms with Crippen LogP contribution in [0.3, 0.4) is 0 Å². The highest BCUT2D eigenvalue weighted by atomic mass is 16.5. The second-order valence-corrected chi connectivity index (χ2v) is 5.41. The van der Waals surface area contributed by atoms with Crippen molar-refractivity contribution in [1.29, 1.82) is 0 Å². The molecule has 3 heteroatoms. The van der Waals surface area contributed by atoms with Crippen LogP contribution < -0.4 is 10.1 Å². The number of hydrogen-bond donors (Lipinski definition) is 1. The van der Waals surface area contributed by atoms with Gasteiger partial charge >= 0.3 is 0 Å². The molecule has 0 aliphatic rings. The third-order valence-corrected chi connectivity index (χ3v) is 3.63. The van der Waals surface area contributed by atoms with Crippen molar-refractivity contribution in [2.24, 2.45) is 0 Å². The Balaban J connectivity index is 1.80. The summed E-state index contributed by atoms with van der Waals surface area (Å²) in [7, 11) is 0. The average Bonchev–Trinajstić information content (AvgIpc) is 2.99. The van der Waals surface area contributed by atoms with E-state index in [4.69, 9.17) is 9.15 Å². The lowest BCUT2D eigenvalue weighted by molar-refractivity contribution is 0.340. The second-order valence-electron chi connectivity index (χ2n) is 5.41. The molecule has 2 aromatic rings. The molecule has 0 saturated carbocycles. The van der Waals surface area contributed by atoms with E-state index >= 15 is 0 Å². The Morgan fingerprint density at radius 2 is 1.90 bits per heavy atom. The zero-order chi connectivity index (χ0) is 15.1. The van der Waals surface area contributed by atoms with Gasteiger partial charge in [-0.25, -0.2) is 0 Å². The van der Waals surface area contributed by atoms with Crippen molar-refractivity contribution >= 4 is 0 Å². The van der Waals surface area contributed by atoms with Crippen molar-refractivity contribution in [1.82, 2.24) is 5.32 Å². The molecule has 0 fully saturated rings. The highest BCUT2D eigenvalue weighted by Gasteiger charge is 2.10. The largest absolute Gasteiger partial charge is 0.494 e. The summed E-state index contributed by atoms with van der Waals surface area (Å²) in [5.41, 5.74) is 1.28. The summed E-state index contributed by atoms with van der Waals surface area (Å²) in [4.78, 5) is 0. The second kappa shape index (κ2) is 7.89. The van der Waals surface area contributed by atoms with Crippen LogP contribution in [-0.2, 0) is 6.42 Å². The SMILES string of the molecule is CCOc1ccc(C(C)NC(C)CCc2ccco2)cc1. The number of furan rings is 1. The van der Waals surface area contributed by atoms with Crippen molar-refractivity contribution in [2.45, 2.75) is 45.7 Å². The molecular weight excluding hydrogens is 262 g/mol. The summed E-state index contributed by atoms with van der Waals surface area (Å²) in [6.07, 6.45) is 3.77. The van der Waals surface area contributed by atoms with E-state index in [1.54, 1.807) is 6.26 Å². The summed E-state index contributed by atoms with van der Waals surface area (Å²) >= 11 is 0. The lowest BCUT2D eigenvalue weighted by Crippen LogP contribution is -2.29. The van der Waals surface area contributed by atoms with Crippen molar-refractivity contribution in [3.63, 3.8) is 0 Å². The first kappa shape index (κ1) is 15.6. The van der Waals surface area contributed by atoms with Gasteiger partial charge in [-0.05, 0) is 57.0 Å². The maximum absolute atomic E-state index is 5.47. The summed E-state index contributed by atoms with van der Waals surface area (Å²) in [5.74, 6) is 1.98. The van der Waals surface area contributed by atoms with Gasteiger partial charge in [-0.1, -0.05) is 12.1 Å². The van der Waals surface area contributed by atoms with E-state index in [-0.39, 0.29) is 0 Å². The standard InChI is InChI=1S/C18H25NO2/c1-4-20-18-11-8-16(9-12-18)15(3)19-14(2)7-10-17-6-5-13-21-17/h5-6,8-9,11-15,19H,4,7,10H2,1-3H3. The summed E-state index contributed by atoms with van der Waals surface area (Å²) < 4.78 is 10.8. The molecule has 0 amide bonds. The number of rotatable bonds is 8. The van der Waals surface area contributed by atoms with Crippen LogP contribution in [0, 0.1) is 0 Å². The van der Waals surface area contributed by atoms with Crippen LogP contribution in [0.2, 0.25) is 0 Å². The normalized spacial score (nSPS) is 13.9. The molecule has 1 aromatic carbocycles. The van der Waals surface area contributed by atoms with Gasteiger partial charge in [-0.3, -0.25) is 0 Å². The molecule has 1 heterocycles. The predicted molar refractivity (Wildman–Crippen MR) is 85.7 cm³/mol. The Labute approximate surface area is 127 Å². The van der Waals surface area contributed by atoms with Crippen LogP contribution in [0.1, 0.15) is 44.6 Å². The van der Waals surface area contributed by atoms with Gasteiger partial charge in [0.15, 0.2) is 0 Å². The minimum Gasteiger partial charge on any atom is -0.494 e. The van der Waals surface area contributed by atoms with E-state index in [1.165, 1.54) is 5.56 Å². The molecule has 21 heavy (non-hydrogen) atoms. The van der Waals surface area contributed by atoms with E-state index in [0.717, 1.165) is 24.4 Å². The Bertz CT molecular complexity index is 505. The summed E-state index contributed by atoms with van der Waals surface area (Å²) in [5, 5.41) is 3.63. The number of hydrogen-bond acceptors (Lipinski definition) is 3. The highest BCUT2D eigenvalue weighted by molar-refractivity contribution is 5.29. The molecule has 1 N–H and O–H groups in total. The van der Waals surface area contributed by atoms with Crippen molar-refractivity contribution in [2.75, 3.05) is 6.61 Å². The van der Waals surface area contributed by atoms with E-state index in [9.17, 15) is 0 Å². The Morgan fingerprint density at radius 1 is 1.14 bits per heavy atom. The highest BCUT2D eigenvalue weighted by Crippen LogP contribution is 2.18. The van der Waals surface area contributed by atoms with Gasteiger partial charge in [-0.15, -0.1) is 0 Å². The summed E-state index contributed by atoms with van der Waals surface area (Å²) in [6.45, 7) is 7.11. The number of ether oxygens (including phenoxy) is 1. The monoisotopic (exact) mass is 287 g/mol. The van der Waals surface area contributed by atoms with Gasteiger partial charge in [0.25, 0.3) is 0 Å². The van der Waals surface area contributed by atoms with E-state index in [1.807, 2.05) is 31.2 Å². The Hall–Kier alpha value is -1.74. The Morgan fingerprint density at radius 3 is 2.52 bits per heavy atom. The van der Waals surface area contributed by atoms with Gasteiger partial charge in [0.2, 0.25) is 0 Å². The molecular formula is C18H25NO2. The lowest BCUT2D eigenvalue weighted by atomic mass is 10.1. The van der Waals surface area contributed by atoms with Crippen molar-refractivity contribution < 1.29 is 9.15 Å². The molecule has 0 aliphatic carbocycles. The van der Waals surface area contributed by atoms with Gasteiger partial charge in [-0.2, -0.15) is 0 Å². The fraction of sp³-hybridized carbons (Fsp3) is 0.444. The maximum atomic E-state index is 5.47. The van der Waals surface area contributed by atoms with Crippen LogP contribution in [0.15, 0.2) is 47.1 Å².